The highest BCUT2D eigenvalue weighted by molar-refractivity contribution is 8.00. The van der Waals surface area contributed by atoms with E-state index >= 15 is 0 Å². The molecule has 0 aliphatic carbocycles. The molecule has 0 bridgehead atoms. The van der Waals surface area contributed by atoms with Gasteiger partial charge in [-0.05, 0) is 37.3 Å². The van der Waals surface area contributed by atoms with Crippen molar-refractivity contribution in [3.8, 4) is 0 Å². The zero-order valence-electron chi connectivity index (χ0n) is 18.0. The van der Waals surface area contributed by atoms with Crippen LogP contribution in [-0.2, 0) is 18.4 Å². The van der Waals surface area contributed by atoms with Crippen molar-refractivity contribution in [1.82, 2.24) is 9.13 Å². The van der Waals surface area contributed by atoms with Crippen molar-refractivity contribution in [2.45, 2.75) is 18.4 Å². The van der Waals surface area contributed by atoms with Crippen molar-refractivity contribution in [3.63, 3.8) is 0 Å². The maximum absolute atomic E-state index is 12.7. The average molecular weight is 442 g/mol. The predicted octanol–water partition coefficient (Wildman–Crippen LogP) is 5.40. The van der Waals surface area contributed by atoms with Gasteiger partial charge in [-0.25, -0.2) is 0 Å². The zero-order chi connectivity index (χ0) is 22.2. The highest BCUT2D eigenvalue weighted by Crippen LogP contribution is 2.31. The van der Waals surface area contributed by atoms with E-state index in [1.807, 2.05) is 48.5 Å². The number of thioether (sulfide) groups is 1. The Morgan fingerprint density at radius 3 is 2.34 bits per heavy atom. The number of amides is 1. The summed E-state index contributed by atoms with van der Waals surface area (Å²) in [6.07, 6.45) is 0. The van der Waals surface area contributed by atoms with E-state index in [2.05, 4.69) is 35.0 Å². The lowest BCUT2D eigenvalue weighted by Crippen LogP contribution is -2.17. The standard InChI is InChI=1S/C26H23N3O2S/c1-3-29-22-11-7-4-8-18(22)20-14-17(12-13-23(20)29)27-25(30)16-32-24-15-26(31)28(2)21-10-6-5-9-19(21)24/h4-15H,3,16H2,1-2H3,(H,27,30). The topological polar surface area (TPSA) is 56.0 Å². The molecule has 0 saturated carbocycles. The number of hydrogen-bond donors (Lipinski definition) is 1. The van der Waals surface area contributed by atoms with Crippen molar-refractivity contribution >= 4 is 56.1 Å². The third-order valence-electron chi connectivity index (χ3n) is 5.85. The second-order valence-electron chi connectivity index (χ2n) is 7.75. The number of benzene rings is 3. The van der Waals surface area contributed by atoms with E-state index in [9.17, 15) is 9.59 Å². The molecule has 0 atom stereocenters. The lowest BCUT2D eigenvalue weighted by molar-refractivity contribution is -0.113. The van der Waals surface area contributed by atoms with Crippen LogP contribution in [0.2, 0.25) is 0 Å². The van der Waals surface area contributed by atoms with Crippen LogP contribution in [0.5, 0.6) is 0 Å². The molecule has 0 unspecified atom stereocenters. The number of anilines is 1. The van der Waals surface area contributed by atoms with Crippen LogP contribution in [0.25, 0.3) is 32.7 Å². The SMILES string of the molecule is CCn1c2ccccc2c2cc(NC(=O)CSc3cc(=O)n(C)c4ccccc34)ccc21. The summed E-state index contributed by atoms with van der Waals surface area (Å²) in [5.74, 6) is 0.129. The lowest BCUT2D eigenvalue weighted by Gasteiger charge is -2.10. The molecule has 0 saturated heterocycles. The fourth-order valence-electron chi connectivity index (χ4n) is 4.31. The van der Waals surface area contributed by atoms with Crippen LogP contribution in [0, 0.1) is 0 Å². The Hall–Kier alpha value is -3.51. The molecule has 32 heavy (non-hydrogen) atoms. The fourth-order valence-corrected chi connectivity index (χ4v) is 5.18. The van der Waals surface area contributed by atoms with Gasteiger partial charge >= 0.3 is 0 Å². The maximum atomic E-state index is 12.7. The number of carbonyl (C=O) groups excluding carboxylic acids is 1. The van der Waals surface area contributed by atoms with Crippen molar-refractivity contribution in [2.75, 3.05) is 11.1 Å². The second-order valence-corrected chi connectivity index (χ2v) is 8.77. The van der Waals surface area contributed by atoms with Gasteiger partial charge in [0.25, 0.3) is 5.56 Å². The second kappa shape index (κ2) is 8.20. The van der Waals surface area contributed by atoms with Crippen LogP contribution < -0.4 is 10.9 Å². The highest BCUT2D eigenvalue weighted by Gasteiger charge is 2.12. The number of fused-ring (bicyclic) bond motifs is 4. The Morgan fingerprint density at radius 1 is 0.875 bits per heavy atom. The molecule has 2 aromatic heterocycles. The van der Waals surface area contributed by atoms with E-state index in [0.29, 0.717) is 0 Å². The smallest absolute Gasteiger partial charge is 0.251 e. The van der Waals surface area contributed by atoms with Crippen LogP contribution in [0.15, 0.2) is 82.5 Å². The Balaban J connectivity index is 1.39. The van der Waals surface area contributed by atoms with Crippen molar-refractivity contribution in [3.05, 3.63) is 83.2 Å². The normalized spacial score (nSPS) is 11.4. The molecule has 1 N–H and O–H groups in total. The third-order valence-corrected chi connectivity index (χ3v) is 6.90. The summed E-state index contributed by atoms with van der Waals surface area (Å²) in [5, 5.41) is 6.30. The van der Waals surface area contributed by atoms with Crippen molar-refractivity contribution in [1.29, 1.82) is 0 Å². The summed E-state index contributed by atoms with van der Waals surface area (Å²) in [7, 11) is 1.76. The molecule has 0 fully saturated rings. The number of nitrogens with zero attached hydrogens (tertiary/aromatic N) is 2. The molecule has 6 heteroatoms. The summed E-state index contributed by atoms with van der Waals surface area (Å²) in [4.78, 5) is 25.8. The minimum atomic E-state index is -0.0988. The minimum Gasteiger partial charge on any atom is -0.341 e. The van der Waals surface area contributed by atoms with E-state index in [0.717, 1.165) is 38.9 Å². The van der Waals surface area contributed by atoms with Gasteiger partial charge in [-0.3, -0.25) is 9.59 Å². The Labute approximate surface area is 189 Å². The van der Waals surface area contributed by atoms with Gasteiger partial charge < -0.3 is 14.5 Å². The first kappa shape index (κ1) is 20.4. The summed E-state index contributed by atoms with van der Waals surface area (Å²) < 4.78 is 3.91. The number of para-hydroxylation sites is 2. The fraction of sp³-hybridized carbons (Fsp3) is 0.154. The van der Waals surface area contributed by atoms with Crippen LogP contribution in [0.3, 0.4) is 0 Å². The summed E-state index contributed by atoms with van der Waals surface area (Å²) >= 11 is 1.38. The quantitative estimate of drug-likeness (QED) is 0.372. The van der Waals surface area contributed by atoms with Gasteiger partial charge in [0.05, 0.1) is 11.3 Å². The van der Waals surface area contributed by atoms with Crippen molar-refractivity contribution < 1.29 is 4.79 Å². The first-order chi connectivity index (χ1) is 15.6. The molecule has 5 nitrogen and oxygen atoms in total. The van der Waals surface area contributed by atoms with E-state index in [1.54, 1.807) is 17.7 Å². The molecule has 5 rings (SSSR count). The molecule has 0 radical (unpaired) electrons. The number of hydrogen-bond acceptors (Lipinski definition) is 3. The molecular weight excluding hydrogens is 418 g/mol. The Bertz CT molecular complexity index is 1550. The van der Waals surface area contributed by atoms with Crippen molar-refractivity contribution in [2.24, 2.45) is 7.05 Å². The van der Waals surface area contributed by atoms with Crippen LogP contribution in [-0.4, -0.2) is 20.8 Å². The van der Waals surface area contributed by atoms with Crippen LogP contribution >= 0.6 is 11.8 Å². The molecule has 1 amide bonds. The monoisotopic (exact) mass is 441 g/mol. The minimum absolute atomic E-state index is 0.0793. The number of pyridine rings is 1. The predicted molar refractivity (Wildman–Crippen MR) is 134 cm³/mol. The molecule has 2 heterocycles. The lowest BCUT2D eigenvalue weighted by atomic mass is 10.1. The van der Waals surface area contributed by atoms with Gasteiger partial charge in [0.15, 0.2) is 0 Å². The van der Waals surface area contributed by atoms with Gasteiger partial charge in [0, 0.05) is 57.4 Å². The van der Waals surface area contributed by atoms with Gasteiger partial charge in [0.1, 0.15) is 0 Å². The first-order valence-corrected chi connectivity index (χ1v) is 11.6. The van der Waals surface area contributed by atoms with Gasteiger partial charge in [-0.15, -0.1) is 11.8 Å². The van der Waals surface area contributed by atoms with E-state index < -0.39 is 0 Å². The summed E-state index contributed by atoms with van der Waals surface area (Å²) in [6, 6.07) is 23.7. The third kappa shape index (κ3) is 3.46. The van der Waals surface area contributed by atoms with Crippen LogP contribution in [0.4, 0.5) is 5.69 Å². The van der Waals surface area contributed by atoms with E-state index in [-0.39, 0.29) is 17.2 Å². The Morgan fingerprint density at radius 2 is 1.56 bits per heavy atom. The summed E-state index contributed by atoms with van der Waals surface area (Å²) in [6.45, 7) is 3.02. The van der Waals surface area contributed by atoms with E-state index in [1.165, 1.54) is 22.7 Å². The maximum Gasteiger partial charge on any atom is 0.251 e. The van der Waals surface area contributed by atoms with Gasteiger partial charge in [0.2, 0.25) is 5.91 Å². The van der Waals surface area contributed by atoms with Gasteiger partial charge in [-0.2, -0.15) is 0 Å². The average Bonchev–Trinajstić information content (AvgIpc) is 3.13. The number of rotatable bonds is 5. The van der Waals surface area contributed by atoms with Gasteiger partial charge in [-0.1, -0.05) is 36.4 Å². The molecule has 0 aliphatic heterocycles. The molecule has 0 aliphatic rings. The first-order valence-electron chi connectivity index (χ1n) is 10.6. The number of nitrogens with one attached hydrogen (secondary N) is 1. The Kier molecular flexibility index (Phi) is 5.23. The van der Waals surface area contributed by atoms with Crippen LogP contribution in [0.1, 0.15) is 6.92 Å². The number of aromatic nitrogens is 2. The molecule has 160 valence electrons. The molecule has 5 aromatic rings. The number of aryl methyl sites for hydroxylation is 2. The molecule has 3 aromatic carbocycles. The molecular formula is C26H23N3O2S. The largest absolute Gasteiger partial charge is 0.341 e. The highest BCUT2D eigenvalue weighted by atomic mass is 32.2. The summed E-state index contributed by atoms with van der Waals surface area (Å²) in [5.41, 5.74) is 3.91. The molecule has 0 spiro atoms. The van der Waals surface area contributed by atoms with E-state index in [4.69, 9.17) is 0 Å². The zero-order valence-corrected chi connectivity index (χ0v) is 18.8. The number of carbonyl (C=O) groups is 1.